The summed E-state index contributed by atoms with van der Waals surface area (Å²) in [6, 6.07) is 0. The van der Waals surface area contributed by atoms with Crippen LogP contribution in [0.1, 0.15) is 27.2 Å². The predicted octanol–water partition coefficient (Wildman–Crippen LogP) is 1.85. The van der Waals surface area contributed by atoms with E-state index in [1.165, 1.54) is 6.42 Å². The summed E-state index contributed by atoms with van der Waals surface area (Å²) >= 11 is 0. The van der Waals surface area contributed by atoms with Crippen LogP contribution in [0.15, 0.2) is 0 Å². The minimum Gasteiger partial charge on any atom is -0.381 e. The van der Waals surface area contributed by atoms with Crippen LogP contribution in [0, 0.1) is 5.92 Å². The van der Waals surface area contributed by atoms with E-state index in [1.807, 2.05) is 0 Å². The van der Waals surface area contributed by atoms with Crippen LogP contribution in [-0.4, -0.2) is 38.6 Å². The lowest BCUT2D eigenvalue weighted by molar-refractivity contribution is -0.0375. The molecule has 0 aromatic rings. The highest BCUT2D eigenvalue weighted by Gasteiger charge is 2.13. The molecule has 84 valence electrons. The van der Waals surface area contributed by atoms with Gasteiger partial charge >= 0.3 is 0 Å². The molecule has 14 heavy (non-hydrogen) atoms. The Morgan fingerprint density at radius 3 is 1.21 bits per heavy atom. The van der Waals surface area contributed by atoms with Gasteiger partial charge in [0.05, 0.1) is 32.0 Å². The van der Waals surface area contributed by atoms with Crippen molar-refractivity contribution < 1.29 is 14.2 Å². The number of epoxide rings is 1. The van der Waals surface area contributed by atoms with E-state index in [0.29, 0.717) is 12.2 Å². The van der Waals surface area contributed by atoms with Crippen molar-refractivity contribution >= 4 is 0 Å². The fourth-order valence-electron chi connectivity index (χ4n) is 0.803. The fourth-order valence-corrected chi connectivity index (χ4v) is 0.803. The molecule has 3 saturated heterocycles. The third kappa shape index (κ3) is 6.35. The number of ether oxygens (including phenoxy) is 3. The summed E-state index contributed by atoms with van der Waals surface area (Å²) in [6.07, 6.45) is 2.41. The zero-order valence-corrected chi connectivity index (χ0v) is 9.49. The maximum atomic E-state index is 4.93. The van der Waals surface area contributed by atoms with Gasteiger partial charge in [-0.1, -0.05) is 6.92 Å². The summed E-state index contributed by atoms with van der Waals surface area (Å²) in [5.74, 6) is 0.843. The lowest BCUT2D eigenvalue weighted by Gasteiger charge is -2.20. The molecule has 3 aliphatic heterocycles. The van der Waals surface area contributed by atoms with Crippen LogP contribution in [0.4, 0.5) is 0 Å². The molecule has 3 fully saturated rings. The van der Waals surface area contributed by atoms with Crippen molar-refractivity contribution in [2.45, 2.75) is 39.4 Å². The van der Waals surface area contributed by atoms with E-state index < -0.39 is 0 Å². The molecule has 2 unspecified atom stereocenters. The standard InChI is InChI=1S/2C4H8O.C3H6O/c1-4-2-5-3-4;1-4-2-3-5-4;1-3-2-4-3/h2*4H,2-3H2,1H3;3H,2H2,1H3. The average molecular weight is 202 g/mol. The molecule has 0 saturated carbocycles. The van der Waals surface area contributed by atoms with Crippen molar-refractivity contribution in [2.24, 2.45) is 5.92 Å². The van der Waals surface area contributed by atoms with Gasteiger partial charge in [-0.25, -0.2) is 0 Å². The maximum Gasteiger partial charge on any atom is 0.0781 e. The Balaban J connectivity index is 0.000000106. The second-order valence-corrected chi connectivity index (χ2v) is 4.26. The molecule has 3 heteroatoms. The first kappa shape index (κ1) is 12.0. The lowest BCUT2D eigenvalue weighted by Crippen LogP contribution is -2.23. The Morgan fingerprint density at radius 2 is 1.21 bits per heavy atom. The van der Waals surface area contributed by atoms with Crippen molar-refractivity contribution in [3.05, 3.63) is 0 Å². The van der Waals surface area contributed by atoms with Crippen LogP contribution in [-0.2, 0) is 14.2 Å². The molecule has 0 bridgehead atoms. The highest BCUT2D eigenvalue weighted by atomic mass is 16.6. The molecule has 3 aliphatic rings. The highest BCUT2D eigenvalue weighted by molar-refractivity contribution is 4.58. The summed E-state index contributed by atoms with van der Waals surface area (Å²) < 4.78 is 14.5. The van der Waals surface area contributed by atoms with Gasteiger partial charge in [0.2, 0.25) is 0 Å². The zero-order valence-electron chi connectivity index (χ0n) is 9.49. The largest absolute Gasteiger partial charge is 0.381 e. The predicted molar refractivity (Wildman–Crippen MR) is 55.4 cm³/mol. The van der Waals surface area contributed by atoms with Crippen molar-refractivity contribution in [3.8, 4) is 0 Å². The average Bonchev–Trinajstić information content (AvgIpc) is 2.82. The van der Waals surface area contributed by atoms with E-state index in [1.54, 1.807) is 0 Å². The summed E-state index contributed by atoms with van der Waals surface area (Å²) in [5.41, 5.74) is 0. The molecule has 0 N–H and O–H groups in total. The van der Waals surface area contributed by atoms with Gasteiger partial charge in [0.15, 0.2) is 0 Å². The van der Waals surface area contributed by atoms with Crippen molar-refractivity contribution in [1.82, 2.24) is 0 Å². The van der Waals surface area contributed by atoms with E-state index in [-0.39, 0.29) is 0 Å². The smallest absolute Gasteiger partial charge is 0.0781 e. The number of rotatable bonds is 0. The fraction of sp³-hybridized carbons (Fsp3) is 1.00. The van der Waals surface area contributed by atoms with Gasteiger partial charge in [-0.2, -0.15) is 0 Å². The van der Waals surface area contributed by atoms with E-state index in [2.05, 4.69) is 20.8 Å². The van der Waals surface area contributed by atoms with E-state index in [4.69, 9.17) is 14.2 Å². The number of hydrogen-bond donors (Lipinski definition) is 0. The summed E-state index contributed by atoms with van der Waals surface area (Å²) in [7, 11) is 0. The SMILES string of the molecule is CC1CCO1.CC1CO1.CC1COC1. The zero-order chi connectivity index (χ0) is 10.4. The Labute approximate surface area is 86.7 Å². The second kappa shape index (κ2) is 6.38. The molecule has 0 aromatic carbocycles. The van der Waals surface area contributed by atoms with E-state index in [0.717, 1.165) is 32.3 Å². The van der Waals surface area contributed by atoms with Crippen molar-refractivity contribution in [1.29, 1.82) is 0 Å². The van der Waals surface area contributed by atoms with Gasteiger partial charge in [-0.15, -0.1) is 0 Å². The lowest BCUT2D eigenvalue weighted by atomic mass is 10.2. The molecule has 0 aromatic heterocycles. The minimum atomic E-state index is 0.565. The van der Waals surface area contributed by atoms with Gasteiger partial charge in [0.1, 0.15) is 0 Å². The molecular formula is C11H22O3. The molecular weight excluding hydrogens is 180 g/mol. The molecule has 3 heterocycles. The summed E-state index contributed by atoms with van der Waals surface area (Å²) in [6.45, 7) is 10.3. The Bertz CT molecular complexity index is 125. The minimum absolute atomic E-state index is 0.565. The van der Waals surface area contributed by atoms with Crippen LogP contribution in [0.5, 0.6) is 0 Å². The quantitative estimate of drug-likeness (QED) is 0.562. The molecule has 2 atom stereocenters. The molecule has 3 rings (SSSR count). The Morgan fingerprint density at radius 1 is 0.857 bits per heavy atom. The molecule has 0 aliphatic carbocycles. The van der Waals surface area contributed by atoms with Gasteiger partial charge in [0, 0.05) is 12.5 Å². The topological polar surface area (TPSA) is 31.0 Å². The first-order chi connectivity index (χ1) is 6.68. The van der Waals surface area contributed by atoms with Crippen molar-refractivity contribution in [3.63, 3.8) is 0 Å². The molecule has 3 nitrogen and oxygen atoms in total. The van der Waals surface area contributed by atoms with E-state index >= 15 is 0 Å². The van der Waals surface area contributed by atoms with Crippen molar-refractivity contribution in [2.75, 3.05) is 26.4 Å². The second-order valence-electron chi connectivity index (χ2n) is 4.26. The molecule has 0 spiro atoms. The van der Waals surface area contributed by atoms with Crippen LogP contribution in [0.25, 0.3) is 0 Å². The van der Waals surface area contributed by atoms with E-state index in [9.17, 15) is 0 Å². The highest BCUT2D eigenvalue weighted by Crippen LogP contribution is 2.07. The Hall–Kier alpha value is -0.120. The Kier molecular flexibility index (Phi) is 5.45. The summed E-state index contributed by atoms with van der Waals surface area (Å²) in [5, 5.41) is 0. The van der Waals surface area contributed by atoms with Crippen LogP contribution in [0.2, 0.25) is 0 Å². The normalized spacial score (nSPS) is 33.6. The van der Waals surface area contributed by atoms with Gasteiger partial charge in [0.25, 0.3) is 0 Å². The van der Waals surface area contributed by atoms with Gasteiger partial charge in [-0.05, 0) is 20.3 Å². The van der Waals surface area contributed by atoms with Gasteiger partial charge in [-0.3, -0.25) is 0 Å². The third-order valence-corrected chi connectivity index (χ3v) is 2.23. The monoisotopic (exact) mass is 202 g/mol. The molecule has 0 radical (unpaired) electrons. The van der Waals surface area contributed by atoms with Crippen LogP contribution >= 0.6 is 0 Å². The summed E-state index contributed by atoms with van der Waals surface area (Å²) in [4.78, 5) is 0. The number of hydrogen-bond acceptors (Lipinski definition) is 3. The maximum absolute atomic E-state index is 4.93. The van der Waals surface area contributed by atoms with Crippen LogP contribution < -0.4 is 0 Å². The first-order valence-corrected chi connectivity index (χ1v) is 5.49. The molecule has 0 amide bonds. The van der Waals surface area contributed by atoms with Gasteiger partial charge < -0.3 is 14.2 Å². The third-order valence-electron chi connectivity index (χ3n) is 2.23. The first-order valence-electron chi connectivity index (χ1n) is 5.49. The van der Waals surface area contributed by atoms with Crippen LogP contribution in [0.3, 0.4) is 0 Å².